The third kappa shape index (κ3) is 5.53. The van der Waals surface area contributed by atoms with Crippen LogP contribution >= 0.6 is 0 Å². The molecule has 0 rings (SSSR count). The highest BCUT2D eigenvalue weighted by molar-refractivity contribution is 5.75. The van der Waals surface area contributed by atoms with Crippen molar-refractivity contribution in [2.45, 2.75) is 26.3 Å². The van der Waals surface area contributed by atoms with Gasteiger partial charge in [0, 0.05) is 6.04 Å². The van der Waals surface area contributed by atoms with Crippen LogP contribution in [0.5, 0.6) is 0 Å². The predicted molar refractivity (Wildman–Crippen MR) is 38.1 cm³/mol. The van der Waals surface area contributed by atoms with E-state index in [4.69, 9.17) is 5.11 Å². The van der Waals surface area contributed by atoms with Gasteiger partial charge in [-0.3, -0.25) is 10.2 Å². The molecule has 60 valence electrons. The number of carbonyl (C=O) groups excluding carboxylic acids is 1. The fourth-order valence-corrected chi connectivity index (χ4v) is 0.389. The molecule has 0 saturated heterocycles. The number of hydrogen-bond donors (Lipinski definition) is 3. The summed E-state index contributed by atoms with van der Waals surface area (Å²) in [4.78, 5) is 10.6. The van der Waals surface area contributed by atoms with Gasteiger partial charge in [0.15, 0.2) is 0 Å². The zero-order valence-electron chi connectivity index (χ0n) is 6.35. The van der Waals surface area contributed by atoms with Gasteiger partial charge in [0.05, 0.1) is 13.0 Å². The maximum atomic E-state index is 10.6. The summed E-state index contributed by atoms with van der Waals surface area (Å²) in [6, 6.07) is 0.225. The van der Waals surface area contributed by atoms with Gasteiger partial charge in [-0.1, -0.05) is 0 Å². The monoisotopic (exact) mass is 146 g/mol. The molecule has 0 aromatic heterocycles. The van der Waals surface area contributed by atoms with Crippen LogP contribution in [-0.2, 0) is 4.79 Å². The molecule has 0 aliphatic heterocycles. The molecule has 0 aliphatic carbocycles. The number of carbonyl (C=O) groups is 1. The summed E-state index contributed by atoms with van der Waals surface area (Å²) in [7, 11) is 0. The second kappa shape index (κ2) is 5.20. The highest BCUT2D eigenvalue weighted by atomic mass is 16.3. The van der Waals surface area contributed by atoms with Crippen molar-refractivity contribution in [3.63, 3.8) is 0 Å². The van der Waals surface area contributed by atoms with E-state index in [0.717, 1.165) is 0 Å². The maximum absolute atomic E-state index is 10.6. The Morgan fingerprint density at radius 2 is 2.20 bits per heavy atom. The number of hydrogen-bond acceptors (Lipinski definition) is 3. The molecule has 0 aliphatic rings. The normalized spacial score (nSPS) is 10.0. The SMILES string of the molecule is CC(C)NNC(=O)CCO. The van der Waals surface area contributed by atoms with Crippen molar-refractivity contribution < 1.29 is 9.90 Å². The highest BCUT2D eigenvalue weighted by Crippen LogP contribution is 1.75. The molecule has 4 nitrogen and oxygen atoms in total. The van der Waals surface area contributed by atoms with Gasteiger partial charge in [-0.25, -0.2) is 5.43 Å². The molecule has 4 heteroatoms. The quantitative estimate of drug-likeness (QED) is 0.464. The summed E-state index contributed by atoms with van der Waals surface area (Å²) < 4.78 is 0. The van der Waals surface area contributed by atoms with E-state index >= 15 is 0 Å². The Balaban J connectivity index is 3.22. The average Bonchev–Trinajstić information content (AvgIpc) is 1.85. The molecule has 0 heterocycles. The van der Waals surface area contributed by atoms with Crippen molar-refractivity contribution in [1.29, 1.82) is 0 Å². The van der Waals surface area contributed by atoms with Crippen LogP contribution in [0.1, 0.15) is 20.3 Å². The molecule has 3 N–H and O–H groups in total. The van der Waals surface area contributed by atoms with Crippen LogP contribution < -0.4 is 10.9 Å². The van der Waals surface area contributed by atoms with Gasteiger partial charge in [-0.05, 0) is 13.8 Å². The number of rotatable bonds is 4. The minimum Gasteiger partial charge on any atom is -0.396 e. The Morgan fingerprint density at radius 1 is 1.60 bits per heavy atom. The van der Waals surface area contributed by atoms with Crippen LogP contribution in [0.25, 0.3) is 0 Å². The van der Waals surface area contributed by atoms with E-state index in [1.165, 1.54) is 0 Å². The Labute approximate surface area is 60.6 Å². The van der Waals surface area contributed by atoms with Gasteiger partial charge < -0.3 is 5.11 Å². The molecule has 0 fully saturated rings. The van der Waals surface area contributed by atoms with Crippen LogP contribution in [-0.4, -0.2) is 23.7 Å². The molecule has 0 unspecified atom stereocenters. The first-order valence-corrected chi connectivity index (χ1v) is 3.32. The lowest BCUT2D eigenvalue weighted by molar-refractivity contribution is -0.122. The zero-order chi connectivity index (χ0) is 7.98. The summed E-state index contributed by atoms with van der Waals surface area (Å²) in [6.07, 6.45) is 0.152. The smallest absolute Gasteiger partial charge is 0.236 e. The fraction of sp³-hybridized carbons (Fsp3) is 0.833. The number of hydrazine groups is 1. The van der Waals surface area contributed by atoms with E-state index in [9.17, 15) is 4.79 Å². The zero-order valence-corrected chi connectivity index (χ0v) is 6.35. The largest absolute Gasteiger partial charge is 0.396 e. The minimum atomic E-state index is -0.184. The van der Waals surface area contributed by atoms with Gasteiger partial charge >= 0.3 is 0 Å². The maximum Gasteiger partial charge on any atom is 0.236 e. The molecule has 0 bridgehead atoms. The molecule has 0 saturated carbocycles. The third-order valence-electron chi connectivity index (χ3n) is 0.839. The van der Waals surface area contributed by atoms with Crippen LogP contribution in [0.2, 0.25) is 0 Å². The van der Waals surface area contributed by atoms with E-state index in [2.05, 4.69) is 10.9 Å². The Bertz CT molecular complexity index is 104. The molecule has 0 spiro atoms. The minimum absolute atomic E-state index is 0.106. The number of nitrogens with one attached hydrogen (secondary N) is 2. The second-order valence-electron chi connectivity index (χ2n) is 2.32. The summed E-state index contributed by atoms with van der Waals surface area (Å²) in [5, 5.41) is 8.31. The van der Waals surface area contributed by atoms with Gasteiger partial charge in [0.25, 0.3) is 0 Å². The molecule has 0 aromatic carbocycles. The first kappa shape index (κ1) is 9.39. The van der Waals surface area contributed by atoms with Crippen LogP contribution in [0.3, 0.4) is 0 Å². The highest BCUT2D eigenvalue weighted by Gasteiger charge is 1.98. The standard InChI is InChI=1S/C6H14N2O2/c1-5(2)7-8-6(10)3-4-9/h5,7,9H,3-4H2,1-2H3,(H,8,10). The van der Waals surface area contributed by atoms with Gasteiger partial charge in [-0.15, -0.1) is 0 Å². The molecular formula is C6H14N2O2. The lowest BCUT2D eigenvalue weighted by Crippen LogP contribution is -2.41. The van der Waals surface area contributed by atoms with Crippen molar-refractivity contribution in [3.05, 3.63) is 0 Å². The molecule has 0 radical (unpaired) electrons. The van der Waals surface area contributed by atoms with Gasteiger partial charge in [0.2, 0.25) is 5.91 Å². The van der Waals surface area contributed by atoms with Gasteiger partial charge in [-0.2, -0.15) is 0 Å². The summed E-state index contributed by atoms with van der Waals surface area (Å²) in [6.45, 7) is 3.73. The van der Waals surface area contributed by atoms with Crippen LogP contribution in [0.4, 0.5) is 0 Å². The van der Waals surface area contributed by atoms with E-state index in [0.29, 0.717) is 0 Å². The van der Waals surface area contributed by atoms with E-state index in [-0.39, 0.29) is 25.0 Å². The Hall–Kier alpha value is -0.610. The fourth-order valence-electron chi connectivity index (χ4n) is 0.389. The Kier molecular flexibility index (Phi) is 4.88. The second-order valence-corrected chi connectivity index (χ2v) is 2.32. The van der Waals surface area contributed by atoms with Gasteiger partial charge in [0.1, 0.15) is 0 Å². The lowest BCUT2D eigenvalue weighted by Gasteiger charge is -2.08. The first-order valence-electron chi connectivity index (χ1n) is 3.32. The summed E-state index contributed by atoms with van der Waals surface area (Å²) in [5.41, 5.74) is 5.15. The number of aliphatic hydroxyl groups excluding tert-OH is 1. The van der Waals surface area contributed by atoms with E-state index in [1.54, 1.807) is 0 Å². The molecule has 10 heavy (non-hydrogen) atoms. The molecular weight excluding hydrogens is 132 g/mol. The predicted octanol–water partition coefficient (Wildman–Crippen LogP) is -0.602. The topological polar surface area (TPSA) is 61.4 Å². The van der Waals surface area contributed by atoms with Crippen molar-refractivity contribution in [1.82, 2.24) is 10.9 Å². The first-order chi connectivity index (χ1) is 4.66. The van der Waals surface area contributed by atoms with Crippen LogP contribution in [0.15, 0.2) is 0 Å². The summed E-state index contributed by atoms with van der Waals surface area (Å²) >= 11 is 0. The number of aliphatic hydroxyl groups is 1. The average molecular weight is 146 g/mol. The molecule has 0 atom stereocenters. The van der Waals surface area contributed by atoms with Crippen LogP contribution in [0, 0.1) is 0 Å². The van der Waals surface area contributed by atoms with Crippen molar-refractivity contribution in [2.24, 2.45) is 0 Å². The van der Waals surface area contributed by atoms with Crippen molar-refractivity contribution in [3.8, 4) is 0 Å². The van der Waals surface area contributed by atoms with E-state index < -0.39 is 0 Å². The van der Waals surface area contributed by atoms with E-state index in [1.807, 2.05) is 13.8 Å². The third-order valence-corrected chi connectivity index (χ3v) is 0.839. The van der Waals surface area contributed by atoms with Crippen molar-refractivity contribution >= 4 is 5.91 Å². The Morgan fingerprint density at radius 3 is 2.60 bits per heavy atom. The lowest BCUT2D eigenvalue weighted by atomic mass is 10.4. The molecule has 0 aromatic rings. The molecule has 1 amide bonds. The number of amides is 1. The summed E-state index contributed by atoms with van der Waals surface area (Å²) in [5.74, 6) is -0.184. The van der Waals surface area contributed by atoms with Crippen molar-refractivity contribution in [2.75, 3.05) is 6.61 Å².